The summed E-state index contributed by atoms with van der Waals surface area (Å²) in [6.45, 7) is 8.25. The molecule has 2 heterocycles. The Hall–Kier alpha value is -3.24. The number of carbonyl (C=O) groups is 1. The average molecular weight is 529 g/mol. The Morgan fingerprint density at radius 1 is 1.14 bits per heavy atom. The molecule has 1 amide bonds. The standard InChI is InChI=1S/C21H19F5N4O2.C3H8.C2H6/c1-32-18-14(28-20(31)13-8-5-9-15(27-13)21(24,25)26)10-12-17(16(18)22)29-30(19(12)23)11-6-3-2-4-7-11;1-3-2;1-2/h5,8-11H,2-4,6-7H2,1H3,(H,28,31);3H2,1-2H3;1-2H3. The lowest BCUT2D eigenvalue weighted by Gasteiger charge is -2.21. The lowest BCUT2D eigenvalue weighted by atomic mass is 9.96. The van der Waals surface area contributed by atoms with Crippen molar-refractivity contribution in [2.75, 3.05) is 12.4 Å². The third-order valence-corrected chi connectivity index (χ3v) is 5.47. The number of anilines is 1. The van der Waals surface area contributed by atoms with Gasteiger partial charge in [-0.2, -0.15) is 22.7 Å². The van der Waals surface area contributed by atoms with Crippen LogP contribution >= 0.6 is 0 Å². The van der Waals surface area contributed by atoms with E-state index in [-0.39, 0.29) is 22.6 Å². The number of carbonyl (C=O) groups excluding carboxylic acids is 1. The van der Waals surface area contributed by atoms with E-state index < -0.39 is 41.0 Å². The molecule has 0 atom stereocenters. The predicted octanol–water partition coefficient (Wildman–Crippen LogP) is 7.94. The number of aromatic nitrogens is 3. The second kappa shape index (κ2) is 13.3. The number of nitrogens with zero attached hydrogens (tertiary/aromatic N) is 3. The summed E-state index contributed by atoms with van der Waals surface area (Å²) in [5.74, 6) is -3.17. The maximum Gasteiger partial charge on any atom is 0.433 e. The molecule has 1 aromatic carbocycles. The van der Waals surface area contributed by atoms with E-state index in [1.165, 1.54) is 6.42 Å². The number of amides is 1. The fourth-order valence-corrected chi connectivity index (χ4v) is 3.92. The Morgan fingerprint density at radius 3 is 2.32 bits per heavy atom. The average Bonchev–Trinajstić information content (AvgIpc) is 3.22. The van der Waals surface area contributed by atoms with Crippen molar-refractivity contribution in [3.05, 3.63) is 47.4 Å². The number of benzene rings is 1. The Bertz CT molecular complexity index is 1190. The molecule has 37 heavy (non-hydrogen) atoms. The van der Waals surface area contributed by atoms with Crippen LogP contribution in [0.4, 0.5) is 27.6 Å². The number of pyridine rings is 1. The van der Waals surface area contributed by atoms with E-state index in [1.807, 2.05) is 13.8 Å². The van der Waals surface area contributed by atoms with Gasteiger partial charge in [0.2, 0.25) is 5.95 Å². The zero-order valence-corrected chi connectivity index (χ0v) is 21.7. The molecule has 3 aromatic rings. The molecule has 1 aliphatic rings. The molecule has 1 aliphatic carbocycles. The molecule has 0 unspecified atom stereocenters. The lowest BCUT2D eigenvalue weighted by Crippen LogP contribution is -2.17. The van der Waals surface area contributed by atoms with E-state index in [0.717, 1.165) is 55.3 Å². The molecule has 0 radical (unpaired) electrons. The fourth-order valence-electron chi connectivity index (χ4n) is 3.92. The maximum absolute atomic E-state index is 15.1. The molecular weight excluding hydrogens is 495 g/mol. The molecule has 1 fully saturated rings. The maximum atomic E-state index is 15.1. The number of nitrogens with one attached hydrogen (secondary N) is 1. The predicted molar refractivity (Wildman–Crippen MR) is 133 cm³/mol. The zero-order valence-electron chi connectivity index (χ0n) is 21.7. The second-order valence-corrected chi connectivity index (χ2v) is 8.26. The van der Waals surface area contributed by atoms with Crippen molar-refractivity contribution in [2.24, 2.45) is 0 Å². The number of halogens is 5. The smallest absolute Gasteiger partial charge is 0.433 e. The topological polar surface area (TPSA) is 69.0 Å². The number of ether oxygens (including phenoxy) is 1. The van der Waals surface area contributed by atoms with Crippen molar-refractivity contribution in [1.29, 1.82) is 0 Å². The molecule has 11 heteroatoms. The summed E-state index contributed by atoms with van der Waals surface area (Å²) in [5.41, 5.74) is -2.29. The van der Waals surface area contributed by atoms with Gasteiger partial charge in [0.05, 0.1) is 24.2 Å². The summed E-state index contributed by atoms with van der Waals surface area (Å²) in [4.78, 5) is 15.8. The highest BCUT2D eigenvalue weighted by atomic mass is 19.4. The van der Waals surface area contributed by atoms with Crippen LogP contribution in [-0.2, 0) is 6.18 Å². The summed E-state index contributed by atoms with van der Waals surface area (Å²) < 4.78 is 75.0. The minimum Gasteiger partial charge on any atom is -0.491 e. The number of hydrogen-bond donors (Lipinski definition) is 1. The van der Waals surface area contributed by atoms with Crippen LogP contribution in [0.3, 0.4) is 0 Å². The van der Waals surface area contributed by atoms with Crippen molar-refractivity contribution in [2.45, 2.75) is 78.4 Å². The van der Waals surface area contributed by atoms with Gasteiger partial charge in [0, 0.05) is 0 Å². The summed E-state index contributed by atoms with van der Waals surface area (Å²) in [6, 6.07) is 3.78. The first kappa shape index (κ1) is 30.0. The number of methoxy groups -OCH3 is 1. The molecule has 4 rings (SSSR count). The molecule has 1 saturated carbocycles. The highest BCUT2D eigenvalue weighted by molar-refractivity contribution is 6.05. The van der Waals surface area contributed by atoms with Crippen LogP contribution < -0.4 is 10.1 Å². The molecule has 0 bridgehead atoms. The van der Waals surface area contributed by atoms with Crippen LogP contribution in [-0.4, -0.2) is 27.8 Å². The molecule has 2 aromatic heterocycles. The van der Waals surface area contributed by atoms with Gasteiger partial charge in [-0.1, -0.05) is 59.4 Å². The SMILES string of the molecule is CC.CCC.COc1c(NC(=O)c2cccc(C(F)(F)F)n2)cc2c(F)n(C3CCCCC3)nc2c1F. The number of alkyl halides is 3. The number of fused-ring (bicyclic) bond motifs is 1. The first-order chi connectivity index (χ1) is 17.6. The van der Waals surface area contributed by atoms with Gasteiger partial charge < -0.3 is 10.1 Å². The number of hydrogen-bond acceptors (Lipinski definition) is 4. The van der Waals surface area contributed by atoms with E-state index >= 15 is 8.78 Å². The Morgan fingerprint density at radius 2 is 1.76 bits per heavy atom. The highest BCUT2D eigenvalue weighted by Crippen LogP contribution is 2.38. The van der Waals surface area contributed by atoms with Crippen LogP contribution in [0.25, 0.3) is 10.9 Å². The quantitative estimate of drug-likeness (QED) is 0.349. The van der Waals surface area contributed by atoms with Gasteiger partial charge in [-0.05, 0) is 31.0 Å². The molecule has 1 N–H and O–H groups in total. The van der Waals surface area contributed by atoms with Gasteiger partial charge in [-0.15, -0.1) is 0 Å². The Kier molecular flexibility index (Phi) is 10.8. The van der Waals surface area contributed by atoms with Gasteiger partial charge in [0.25, 0.3) is 5.91 Å². The van der Waals surface area contributed by atoms with Crippen molar-refractivity contribution >= 4 is 22.5 Å². The summed E-state index contributed by atoms with van der Waals surface area (Å²) in [7, 11) is 1.15. The van der Waals surface area contributed by atoms with Crippen LogP contribution in [0.2, 0.25) is 0 Å². The minimum absolute atomic E-state index is 0.166. The highest BCUT2D eigenvalue weighted by Gasteiger charge is 2.33. The van der Waals surface area contributed by atoms with E-state index in [1.54, 1.807) is 0 Å². The number of rotatable bonds is 4. The first-order valence-electron chi connectivity index (χ1n) is 12.4. The molecular formula is C26H33F5N4O2. The van der Waals surface area contributed by atoms with E-state index in [2.05, 4.69) is 29.2 Å². The molecule has 6 nitrogen and oxygen atoms in total. The van der Waals surface area contributed by atoms with Crippen LogP contribution in [0, 0.1) is 11.8 Å². The molecule has 0 saturated heterocycles. The molecule has 0 spiro atoms. The normalized spacial score (nSPS) is 13.8. The van der Waals surface area contributed by atoms with Crippen molar-refractivity contribution in [1.82, 2.24) is 14.8 Å². The van der Waals surface area contributed by atoms with E-state index in [9.17, 15) is 18.0 Å². The first-order valence-corrected chi connectivity index (χ1v) is 12.4. The van der Waals surface area contributed by atoms with Crippen molar-refractivity contribution in [3.8, 4) is 5.75 Å². The summed E-state index contributed by atoms with van der Waals surface area (Å²) in [6.07, 6.45) is 0.814. The second-order valence-electron chi connectivity index (χ2n) is 8.26. The van der Waals surface area contributed by atoms with Crippen molar-refractivity contribution < 1.29 is 31.5 Å². The Labute approximate surface area is 213 Å². The van der Waals surface area contributed by atoms with Gasteiger partial charge in [-0.25, -0.2) is 14.1 Å². The van der Waals surface area contributed by atoms with Crippen LogP contribution in [0.1, 0.15) is 88.4 Å². The lowest BCUT2D eigenvalue weighted by molar-refractivity contribution is -0.141. The molecule has 204 valence electrons. The van der Waals surface area contributed by atoms with Crippen LogP contribution in [0.5, 0.6) is 5.75 Å². The largest absolute Gasteiger partial charge is 0.491 e. The molecule has 0 aliphatic heterocycles. The Balaban J connectivity index is 0.000000898. The van der Waals surface area contributed by atoms with E-state index in [0.29, 0.717) is 12.8 Å². The minimum atomic E-state index is -4.74. The van der Waals surface area contributed by atoms with Gasteiger partial charge in [-0.3, -0.25) is 4.79 Å². The third-order valence-electron chi connectivity index (χ3n) is 5.47. The third kappa shape index (κ3) is 6.95. The van der Waals surface area contributed by atoms with Gasteiger partial charge >= 0.3 is 6.18 Å². The monoisotopic (exact) mass is 528 g/mol. The van der Waals surface area contributed by atoms with Crippen LogP contribution in [0.15, 0.2) is 24.3 Å². The summed E-state index contributed by atoms with van der Waals surface area (Å²) >= 11 is 0. The zero-order chi connectivity index (χ0) is 27.8. The van der Waals surface area contributed by atoms with E-state index in [4.69, 9.17) is 4.74 Å². The van der Waals surface area contributed by atoms with Gasteiger partial charge in [0.1, 0.15) is 16.9 Å². The van der Waals surface area contributed by atoms with Crippen molar-refractivity contribution in [3.63, 3.8) is 0 Å². The fraction of sp³-hybridized carbons (Fsp3) is 0.500. The van der Waals surface area contributed by atoms with Gasteiger partial charge in [0.15, 0.2) is 11.6 Å². The summed E-state index contributed by atoms with van der Waals surface area (Å²) in [5, 5.41) is 6.20.